The van der Waals surface area contributed by atoms with Crippen molar-refractivity contribution in [1.82, 2.24) is 10.1 Å². The zero-order valence-corrected chi connectivity index (χ0v) is 15.1. The molecule has 2 aromatic carbocycles. The van der Waals surface area contributed by atoms with Gasteiger partial charge in [0.15, 0.2) is 11.5 Å². The van der Waals surface area contributed by atoms with Crippen LogP contribution in [0.2, 0.25) is 5.02 Å². The van der Waals surface area contributed by atoms with Crippen molar-refractivity contribution < 1.29 is 18.8 Å². The number of rotatable bonds is 6. The molecule has 0 aliphatic heterocycles. The zero-order chi connectivity index (χ0) is 19.2. The van der Waals surface area contributed by atoms with E-state index in [4.69, 9.17) is 30.9 Å². The molecule has 0 atom stereocenters. The molecule has 3 aromatic rings. The van der Waals surface area contributed by atoms with Gasteiger partial charge in [0.1, 0.15) is 0 Å². The van der Waals surface area contributed by atoms with Gasteiger partial charge in [-0.05, 0) is 36.4 Å². The largest absolute Gasteiger partial charge is 0.493 e. The molecule has 0 bridgehead atoms. The molecule has 27 heavy (non-hydrogen) atoms. The van der Waals surface area contributed by atoms with E-state index in [2.05, 4.69) is 10.1 Å². The third-order valence-corrected chi connectivity index (χ3v) is 3.88. The van der Waals surface area contributed by atoms with Crippen LogP contribution in [0.1, 0.15) is 17.9 Å². The van der Waals surface area contributed by atoms with Gasteiger partial charge in [0.2, 0.25) is 11.7 Å². The maximum absolute atomic E-state index is 12.1. The number of esters is 1. The highest BCUT2D eigenvalue weighted by atomic mass is 35.5. The van der Waals surface area contributed by atoms with Crippen molar-refractivity contribution in [3.8, 4) is 29.0 Å². The maximum Gasteiger partial charge on any atom is 0.311 e. The summed E-state index contributed by atoms with van der Waals surface area (Å²) in [7, 11) is 1.44. The lowest BCUT2D eigenvalue weighted by molar-refractivity contribution is -0.134. The third kappa shape index (κ3) is 4.63. The Labute approximate surface area is 160 Å². The molecule has 0 amide bonds. The quantitative estimate of drug-likeness (QED) is 0.471. The normalized spacial score (nSPS) is 10.3. The van der Waals surface area contributed by atoms with E-state index in [0.29, 0.717) is 28.1 Å². The Hall–Kier alpha value is -3.37. The summed E-state index contributed by atoms with van der Waals surface area (Å²) in [6, 6.07) is 13.6. The van der Waals surface area contributed by atoms with Gasteiger partial charge in [-0.25, -0.2) is 0 Å². The summed E-state index contributed by atoms with van der Waals surface area (Å²) in [5.74, 6) is 0.816. The van der Waals surface area contributed by atoms with Gasteiger partial charge >= 0.3 is 5.97 Å². The molecule has 0 fully saturated rings. The highest BCUT2D eigenvalue weighted by Crippen LogP contribution is 2.28. The number of carbonyl (C=O) groups is 1. The Balaban J connectivity index is 1.60. The summed E-state index contributed by atoms with van der Waals surface area (Å²) in [6.07, 6.45) is 0.281. The highest BCUT2D eigenvalue weighted by molar-refractivity contribution is 6.30. The van der Waals surface area contributed by atoms with Gasteiger partial charge in [-0.1, -0.05) is 16.8 Å². The minimum absolute atomic E-state index is 0.0470. The molecule has 0 N–H and O–H groups in total. The fraction of sp³-hybridized carbons (Fsp3) is 0.158. The van der Waals surface area contributed by atoms with Gasteiger partial charge in [-0.15, -0.1) is 0 Å². The number of nitrogens with zero attached hydrogens (tertiary/aromatic N) is 3. The van der Waals surface area contributed by atoms with Gasteiger partial charge in [-0.2, -0.15) is 10.2 Å². The number of carbonyl (C=O) groups excluding carboxylic acids is 1. The minimum atomic E-state index is -0.482. The Morgan fingerprint density at radius 3 is 2.70 bits per heavy atom. The van der Waals surface area contributed by atoms with Gasteiger partial charge < -0.3 is 14.0 Å². The van der Waals surface area contributed by atoms with Crippen LogP contribution in [0.3, 0.4) is 0 Å². The second-order valence-corrected chi connectivity index (χ2v) is 5.91. The molecule has 3 rings (SSSR count). The van der Waals surface area contributed by atoms with E-state index in [1.807, 2.05) is 6.07 Å². The molecule has 0 aliphatic rings. The van der Waals surface area contributed by atoms with E-state index >= 15 is 0 Å². The van der Waals surface area contributed by atoms with E-state index in [1.165, 1.54) is 19.2 Å². The maximum atomic E-state index is 12.1. The van der Waals surface area contributed by atoms with Crippen LogP contribution in [0, 0.1) is 11.3 Å². The predicted octanol–water partition coefficient (Wildman–Crippen LogP) is 3.81. The number of hydrogen-bond acceptors (Lipinski definition) is 7. The van der Waals surface area contributed by atoms with Crippen LogP contribution < -0.4 is 9.47 Å². The van der Waals surface area contributed by atoms with Crippen LogP contribution in [0.25, 0.3) is 11.4 Å². The Kier molecular flexibility index (Phi) is 5.69. The number of methoxy groups -OCH3 is 1. The summed E-state index contributed by atoms with van der Waals surface area (Å²) in [4.78, 5) is 16.3. The molecule has 0 saturated heterocycles. The smallest absolute Gasteiger partial charge is 0.311 e. The van der Waals surface area contributed by atoms with Gasteiger partial charge in [0.25, 0.3) is 0 Å². The number of hydrogen-bond donors (Lipinski definition) is 0. The average Bonchev–Trinajstić information content (AvgIpc) is 3.16. The van der Waals surface area contributed by atoms with E-state index in [1.54, 1.807) is 30.3 Å². The van der Waals surface area contributed by atoms with Crippen LogP contribution in [0.5, 0.6) is 11.5 Å². The number of nitriles is 1. The molecular weight excluding hydrogens is 370 g/mol. The molecule has 0 unspecified atom stereocenters. The molecular formula is C19H14ClN3O4. The summed E-state index contributed by atoms with van der Waals surface area (Å²) in [6.45, 7) is 0. The highest BCUT2D eigenvalue weighted by Gasteiger charge is 2.14. The summed E-state index contributed by atoms with van der Waals surface area (Å²) >= 11 is 5.85. The fourth-order valence-corrected chi connectivity index (χ4v) is 2.40. The molecule has 1 heterocycles. The number of ether oxygens (including phenoxy) is 2. The standard InChI is InChI=1S/C19H14ClN3O4/c1-25-16-10-12(11-21)2-7-15(16)26-18(24)9-8-17-22-19(23-27-17)13-3-5-14(20)6-4-13/h2-7,10H,8-9H2,1H3. The molecule has 0 spiro atoms. The number of benzene rings is 2. The molecule has 7 nitrogen and oxygen atoms in total. The first-order valence-corrected chi connectivity index (χ1v) is 8.34. The van der Waals surface area contributed by atoms with Crippen LogP contribution in [-0.4, -0.2) is 23.2 Å². The zero-order valence-electron chi connectivity index (χ0n) is 14.3. The molecule has 1 aromatic heterocycles. The fourth-order valence-electron chi connectivity index (χ4n) is 2.28. The van der Waals surface area contributed by atoms with Crippen molar-refractivity contribution in [2.75, 3.05) is 7.11 Å². The average molecular weight is 384 g/mol. The molecule has 0 radical (unpaired) electrons. The van der Waals surface area contributed by atoms with Crippen molar-refractivity contribution in [2.24, 2.45) is 0 Å². The van der Waals surface area contributed by atoms with Crippen molar-refractivity contribution >= 4 is 17.6 Å². The Bertz CT molecular complexity index is 993. The van der Waals surface area contributed by atoms with Gasteiger partial charge in [0, 0.05) is 23.1 Å². The number of aromatic nitrogens is 2. The Morgan fingerprint density at radius 1 is 1.22 bits per heavy atom. The van der Waals surface area contributed by atoms with E-state index in [9.17, 15) is 4.79 Å². The van der Waals surface area contributed by atoms with Gasteiger partial charge in [-0.3, -0.25) is 4.79 Å². The van der Waals surface area contributed by atoms with E-state index in [-0.39, 0.29) is 18.6 Å². The first-order valence-electron chi connectivity index (χ1n) is 7.96. The Morgan fingerprint density at radius 2 is 2.00 bits per heavy atom. The molecule has 0 saturated carbocycles. The second-order valence-electron chi connectivity index (χ2n) is 5.47. The first kappa shape index (κ1) is 18.4. The van der Waals surface area contributed by atoms with Crippen LogP contribution >= 0.6 is 11.6 Å². The summed E-state index contributed by atoms with van der Waals surface area (Å²) < 4.78 is 15.6. The van der Waals surface area contributed by atoms with Crippen molar-refractivity contribution in [1.29, 1.82) is 5.26 Å². The predicted molar refractivity (Wildman–Crippen MR) is 96.4 cm³/mol. The van der Waals surface area contributed by atoms with E-state index in [0.717, 1.165) is 5.56 Å². The summed E-state index contributed by atoms with van der Waals surface area (Å²) in [5, 5.41) is 13.4. The lowest BCUT2D eigenvalue weighted by Gasteiger charge is -2.08. The van der Waals surface area contributed by atoms with Crippen molar-refractivity contribution in [2.45, 2.75) is 12.8 Å². The van der Waals surface area contributed by atoms with E-state index < -0.39 is 5.97 Å². The van der Waals surface area contributed by atoms with Crippen LogP contribution in [0.15, 0.2) is 47.0 Å². The molecule has 0 aliphatic carbocycles. The topological polar surface area (TPSA) is 98.2 Å². The third-order valence-electron chi connectivity index (χ3n) is 3.63. The molecule has 8 heteroatoms. The second kappa shape index (κ2) is 8.34. The van der Waals surface area contributed by atoms with Gasteiger partial charge in [0.05, 0.1) is 25.2 Å². The first-order chi connectivity index (χ1) is 13.1. The SMILES string of the molecule is COc1cc(C#N)ccc1OC(=O)CCc1nc(-c2ccc(Cl)cc2)no1. The number of halogens is 1. The lowest BCUT2D eigenvalue weighted by Crippen LogP contribution is -2.10. The van der Waals surface area contributed by atoms with Crippen LogP contribution in [-0.2, 0) is 11.2 Å². The van der Waals surface area contributed by atoms with Crippen molar-refractivity contribution in [3.63, 3.8) is 0 Å². The lowest BCUT2D eigenvalue weighted by atomic mass is 10.2. The van der Waals surface area contributed by atoms with Crippen molar-refractivity contribution in [3.05, 3.63) is 58.9 Å². The molecule has 136 valence electrons. The monoisotopic (exact) mass is 383 g/mol. The number of aryl methyl sites for hydroxylation is 1. The summed E-state index contributed by atoms with van der Waals surface area (Å²) in [5.41, 5.74) is 1.17. The van der Waals surface area contributed by atoms with Crippen LogP contribution in [0.4, 0.5) is 0 Å². The minimum Gasteiger partial charge on any atom is -0.493 e.